The molecule has 0 spiro atoms. The fourth-order valence-electron chi connectivity index (χ4n) is 3.38. The van der Waals surface area contributed by atoms with Crippen LogP contribution in [0.3, 0.4) is 0 Å². The first-order valence-electron chi connectivity index (χ1n) is 8.76. The minimum Gasteiger partial charge on any atom is -0.393 e. The average molecular weight is 416 g/mol. The van der Waals surface area contributed by atoms with Crippen molar-refractivity contribution in [3.05, 3.63) is 42.3 Å². The van der Waals surface area contributed by atoms with Crippen LogP contribution in [0.4, 0.5) is 0 Å². The van der Waals surface area contributed by atoms with Gasteiger partial charge in [-0.05, 0) is 31.0 Å². The van der Waals surface area contributed by atoms with Crippen molar-refractivity contribution in [2.45, 2.75) is 29.1 Å². The topological polar surface area (TPSA) is 103 Å². The number of benzene rings is 1. The number of aromatic nitrogens is 5. The van der Waals surface area contributed by atoms with Crippen molar-refractivity contribution in [1.29, 1.82) is 0 Å². The first-order chi connectivity index (χ1) is 13.4. The van der Waals surface area contributed by atoms with Gasteiger partial charge in [0.1, 0.15) is 17.2 Å². The molecule has 1 aromatic carbocycles. The van der Waals surface area contributed by atoms with Crippen LogP contribution < -0.4 is 0 Å². The number of thiazole rings is 1. The maximum absolute atomic E-state index is 12.7. The van der Waals surface area contributed by atoms with Gasteiger partial charge in [-0.1, -0.05) is 0 Å². The van der Waals surface area contributed by atoms with Gasteiger partial charge in [-0.25, -0.2) is 18.4 Å². The summed E-state index contributed by atoms with van der Waals surface area (Å²) in [7, 11) is -1.59. The Morgan fingerprint density at radius 2 is 2.11 bits per heavy atom. The van der Waals surface area contributed by atoms with Gasteiger partial charge in [-0.2, -0.15) is 5.10 Å². The van der Waals surface area contributed by atoms with Crippen LogP contribution in [0.2, 0.25) is 0 Å². The largest absolute Gasteiger partial charge is 0.393 e. The van der Waals surface area contributed by atoms with E-state index in [4.69, 9.17) is 0 Å². The first kappa shape index (κ1) is 17.5. The maximum Gasteiger partial charge on any atom is 0.181 e. The second-order valence-electron chi connectivity index (χ2n) is 6.97. The molecule has 1 aliphatic carbocycles. The van der Waals surface area contributed by atoms with Gasteiger partial charge in [-0.3, -0.25) is 9.25 Å². The zero-order valence-electron chi connectivity index (χ0n) is 14.9. The fourth-order valence-corrected chi connectivity index (χ4v) is 6.02. The molecule has 3 heterocycles. The van der Waals surface area contributed by atoms with Crippen molar-refractivity contribution in [3.63, 3.8) is 0 Å². The quantitative estimate of drug-likeness (QED) is 0.548. The standard InChI is InChI=1S/C18H17N5O3S2/c1-22-8-11(7-20-22)18-21-17(9-27-18)23-10-19-15-6-13(2-3-16(15)23)28(25,26)14-4-12(24)5-14/h2-3,6-10,12,14,24H,4-5H2,1H3. The van der Waals surface area contributed by atoms with Crippen LogP contribution in [0.1, 0.15) is 12.8 Å². The van der Waals surface area contributed by atoms with E-state index in [9.17, 15) is 13.5 Å². The smallest absolute Gasteiger partial charge is 0.181 e. The molecule has 0 saturated heterocycles. The van der Waals surface area contributed by atoms with E-state index in [-0.39, 0.29) is 4.90 Å². The van der Waals surface area contributed by atoms with E-state index < -0.39 is 21.2 Å². The van der Waals surface area contributed by atoms with Gasteiger partial charge < -0.3 is 5.11 Å². The number of sulfone groups is 1. The van der Waals surface area contributed by atoms with Crippen LogP contribution >= 0.6 is 11.3 Å². The lowest BCUT2D eigenvalue weighted by molar-refractivity contribution is 0.0977. The Morgan fingerprint density at radius 3 is 2.82 bits per heavy atom. The molecule has 10 heteroatoms. The Labute approximate surface area is 165 Å². The molecule has 1 N–H and O–H groups in total. The Bertz CT molecular complexity index is 1280. The third-order valence-corrected chi connectivity index (χ3v) is 8.10. The molecule has 28 heavy (non-hydrogen) atoms. The molecule has 5 rings (SSSR count). The normalized spacial score (nSPS) is 19.8. The summed E-state index contributed by atoms with van der Waals surface area (Å²) in [5.41, 5.74) is 2.33. The number of rotatable bonds is 4. The van der Waals surface area contributed by atoms with Crippen LogP contribution in [-0.4, -0.2) is 49.2 Å². The molecular formula is C18H17N5O3S2. The van der Waals surface area contributed by atoms with E-state index in [2.05, 4.69) is 15.1 Å². The minimum atomic E-state index is -3.44. The van der Waals surface area contributed by atoms with Gasteiger partial charge in [0.2, 0.25) is 0 Å². The Balaban J connectivity index is 1.50. The lowest BCUT2D eigenvalue weighted by Crippen LogP contribution is -2.39. The number of aliphatic hydroxyl groups is 1. The highest BCUT2D eigenvalue weighted by atomic mass is 32.2. The summed E-state index contributed by atoms with van der Waals surface area (Å²) in [6, 6.07) is 4.96. The summed E-state index contributed by atoms with van der Waals surface area (Å²) in [5.74, 6) is 0.726. The number of hydrogen-bond acceptors (Lipinski definition) is 7. The zero-order chi connectivity index (χ0) is 19.5. The molecular weight excluding hydrogens is 398 g/mol. The van der Waals surface area contributed by atoms with E-state index in [1.54, 1.807) is 35.4 Å². The lowest BCUT2D eigenvalue weighted by atomic mass is 9.96. The predicted molar refractivity (Wildman–Crippen MR) is 105 cm³/mol. The molecule has 0 bridgehead atoms. The van der Waals surface area contributed by atoms with Crippen LogP contribution in [0.25, 0.3) is 27.4 Å². The number of aryl methyl sites for hydroxylation is 1. The summed E-state index contributed by atoms with van der Waals surface area (Å²) in [4.78, 5) is 9.28. The molecule has 0 unspecified atom stereocenters. The van der Waals surface area contributed by atoms with Crippen LogP contribution in [0, 0.1) is 0 Å². The second kappa shape index (κ2) is 6.23. The van der Waals surface area contributed by atoms with Crippen LogP contribution in [0.5, 0.6) is 0 Å². The molecule has 0 amide bonds. The molecule has 1 aliphatic rings. The van der Waals surface area contributed by atoms with Gasteiger partial charge in [0.05, 0.1) is 33.5 Å². The molecule has 1 saturated carbocycles. The number of nitrogens with zero attached hydrogens (tertiary/aromatic N) is 5. The van der Waals surface area contributed by atoms with Crippen molar-refractivity contribution in [2.75, 3.05) is 0 Å². The predicted octanol–water partition coefficient (Wildman–Crippen LogP) is 2.18. The highest BCUT2D eigenvalue weighted by Gasteiger charge is 2.38. The Hall–Kier alpha value is -2.56. The van der Waals surface area contributed by atoms with Crippen molar-refractivity contribution in [3.8, 4) is 16.4 Å². The average Bonchev–Trinajstić information content (AvgIpc) is 3.36. The van der Waals surface area contributed by atoms with Gasteiger partial charge in [0, 0.05) is 24.2 Å². The number of hydrogen-bond donors (Lipinski definition) is 1. The summed E-state index contributed by atoms with van der Waals surface area (Å²) in [5, 5.41) is 15.9. The summed E-state index contributed by atoms with van der Waals surface area (Å²) in [6.45, 7) is 0. The summed E-state index contributed by atoms with van der Waals surface area (Å²) in [6.07, 6.45) is 5.40. The molecule has 0 atom stereocenters. The third kappa shape index (κ3) is 2.76. The van der Waals surface area contributed by atoms with Crippen LogP contribution in [-0.2, 0) is 16.9 Å². The summed E-state index contributed by atoms with van der Waals surface area (Å²) < 4.78 is 28.9. The molecule has 0 radical (unpaired) electrons. The molecule has 4 aromatic rings. The SMILES string of the molecule is Cn1cc(-c2nc(-n3cnc4cc(S(=O)(=O)C5CC(O)C5)ccc43)cs2)cn1. The molecule has 1 fully saturated rings. The molecule has 0 aliphatic heterocycles. The molecule has 3 aromatic heterocycles. The molecule has 8 nitrogen and oxygen atoms in total. The highest BCUT2D eigenvalue weighted by Crippen LogP contribution is 2.33. The van der Waals surface area contributed by atoms with Gasteiger partial charge in [-0.15, -0.1) is 11.3 Å². The van der Waals surface area contributed by atoms with Crippen molar-refractivity contribution < 1.29 is 13.5 Å². The zero-order valence-corrected chi connectivity index (χ0v) is 16.6. The Morgan fingerprint density at radius 1 is 1.29 bits per heavy atom. The first-order valence-corrected chi connectivity index (χ1v) is 11.2. The van der Waals surface area contributed by atoms with Gasteiger partial charge in [0.25, 0.3) is 0 Å². The van der Waals surface area contributed by atoms with Gasteiger partial charge >= 0.3 is 0 Å². The Kier molecular flexibility index (Phi) is 3.90. The van der Waals surface area contributed by atoms with Gasteiger partial charge in [0.15, 0.2) is 9.84 Å². The van der Waals surface area contributed by atoms with E-state index in [1.165, 1.54) is 11.3 Å². The molecule has 144 valence electrons. The van der Waals surface area contributed by atoms with Crippen molar-refractivity contribution in [1.82, 2.24) is 24.3 Å². The summed E-state index contributed by atoms with van der Waals surface area (Å²) >= 11 is 1.51. The van der Waals surface area contributed by atoms with Crippen molar-refractivity contribution >= 4 is 32.2 Å². The fraction of sp³-hybridized carbons (Fsp3) is 0.278. The second-order valence-corrected chi connectivity index (χ2v) is 10.1. The number of aliphatic hydroxyl groups excluding tert-OH is 1. The number of imidazole rings is 1. The van der Waals surface area contributed by atoms with E-state index in [0.29, 0.717) is 18.4 Å². The minimum absolute atomic E-state index is 0.247. The van der Waals surface area contributed by atoms with E-state index in [0.717, 1.165) is 21.9 Å². The van der Waals surface area contributed by atoms with E-state index in [1.807, 2.05) is 23.2 Å². The monoisotopic (exact) mass is 415 g/mol. The third-order valence-electron chi connectivity index (χ3n) is 5.05. The maximum atomic E-state index is 12.7. The number of fused-ring (bicyclic) bond motifs is 1. The lowest BCUT2D eigenvalue weighted by Gasteiger charge is -2.30. The van der Waals surface area contributed by atoms with Crippen molar-refractivity contribution in [2.24, 2.45) is 7.05 Å². The van der Waals surface area contributed by atoms with E-state index >= 15 is 0 Å². The highest BCUT2D eigenvalue weighted by molar-refractivity contribution is 7.92. The van der Waals surface area contributed by atoms with Crippen LogP contribution in [0.15, 0.2) is 47.2 Å².